The van der Waals surface area contributed by atoms with Gasteiger partial charge in [0, 0.05) is 6.54 Å². The van der Waals surface area contributed by atoms with E-state index < -0.39 is 29.6 Å². The Bertz CT molecular complexity index is 454. The number of carboxylic acids is 1. The number of hydrogen-bond donors (Lipinski definition) is 5. The minimum absolute atomic E-state index is 0.0810. The summed E-state index contributed by atoms with van der Waals surface area (Å²) in [4.78, 5) is 37.8. The lowest BCUT2D eigenvalue weighted by Crippen LogP contribution is -2.46. The molecule has 0 saturated carbocycles. The zero-order chi connectivity index (χ0) is 18.0. The number of alkyl carbamates (subject to hydrolysis) is 1. The number of nitrogens with one attached hydrogen (secondary N) is 2. The third kappa shape index (κ3) is 11.8. The van der Waals surface area contributed by atoms with Crippen LogP contribution in [-0.2, 0) is 14.3 Å². The maximum atomic E-state index is 11.7. The van der Waals surface area contributed by atoms with Gasteiger partial charge in [-0.3, -0.25) is 9.79 Å². The minimum Gasteiger partial charge on any atom is -0.480 e. The Balaban J connectivity index is 4.22. The van der Waals surface area contributed by atoms with Crippen molar-refractivity contribution in [3.63, 3.8) is 0 Å². The molecule has 7 N–H and O–H groups in total. The summed E-state index contributed by atoms with van der Waals surface area (Å²) in [7, 11) is 0. The molecule has 132 valence electrons. The summed E-state index contributed by atoms with van der Waals surface area (Å²) < 4.78 is 4.96. The normalized spacial score (nSPS) is 12.0. The Morgan fingerprint density at radius 1 is 1.26 bits per heavy atom. The number of carbonyl (C=O) groups is 3. The Kier molecular flexibility index (Phi) is 8.45. The Hall–Kier alpha value is -2.52. The standard InChI is InChI=1S/C13H25N5O5/c1-13(2,3)23-12(22)17-7-9(19)18-8(10(20)21)5-4-6-16-11(14)15/h8H,4-7H2,1-3H3,(H,17,22)(H,18,19)(H,20,21)(H4,14,15,16). The van der Waals surface area contributed by atoms with Gasteiger partial charge < -0.3 is 31.9 Å². The average molecular weight is 331 g/mol. The highest BCUT2D eigenvalue weighted by molar-refractivity contribution is 5.86. The van der Waals surface area contributed by atoms with Crippen molar-refractivity contribution in [2.75, 3.05) is 13.1 Å². The third-order valence-corrected chi connectivity index (χ3v) is 2.37. The number of nitrogens with two attached hydrogens (primary N) is 2. The van der Waals surface area contributed by atoms with Crippen LogP contribution in [0.25, 0.3) is 0 Å². The zero-order valence-electron chi connectivity index (χ0n) is 13.6. The van der Waals surface area contributed by atoms with Gasteiger partial charge in [0.25, 0.3) is 0 Å². The molecule has 0 aliphatic heterocycles. The van der Waals surface area contributed by atoms with Crippen LogP contribution in [0.2, 0.25) is 0 Å². The van der Waals surface area contributed by atoms with Crippen LogP contribution in [0.4, 0.5) is 4.79 Å². The fraction of sp³-hybridized carbons (Fsp3) is 0.692. The van der Waals surface area contributed by atoms with Crippen molar-refractivity contribution >= 4 is 23.9 Å². The number of rotatable bonds is 8. The van der Waals surface area contributed by atoms with Crippen molar-refractivity contribution < 1.29 is 24.2 Å². The van der Waals surface area contributed by atoms with Crippen LogP contribution in [0.1, 0.15) is 33.6 Å². The van der Waals surface area contributed by atoms with Gasteiger partial charge in [-0.1, -0.05) is 0 Å². The van der Waals surface area contributed by atoms with E-state index in [4.69, 9.17) is 21.3 Å². The lowest BCUT2D eigenvalue weighted by molar-refractivity contribution is -0.141. The largest absolute Gasteiger partial charge is 0.480 e. The molecule has 0 aromatic carbocycles. The maximum Gasteiger partial charge on any atom is 0.408 e. The second-order valence-electron chi connectivity index (χ2n) is 5.76. The summed E-state index contributed by atoms with van der Waals surface area (Å²) in [5.41, 5.74) is 9.62. The molecule has 1 atom stereocenters. The number of carboxylic acid groups (broad SMARTS) is 1. The van der Waals surface area contributed by atoms with Crippen LogP contribution in [0.3, 0.4) is 0 Å². The molecule has 0 radical (unpaired) electrons. The van der Waals surface area contributed by atoms with Crippen molar-refractivity contribution in [1.29, 1.82) is 0 Å². The molecule has 1 unspecified atom stereocenters. The van der Waals surface area contributed by atoms with E-state index in [0.717, 1.165) is 0 Å². The van der Waals surface area contributed by atoms with Gasteiger partial charge in [-0.25, -0.2) is 9.59 Å². The molecule has 0 heterocycles. The Morgan fingerprint density at radius 3 is 2.35 bits per heavy atom. The van der Waals surface area contributed by atoms with E-state index in [-0.39, 0.29) is 25.5 Å². The van der Waals surface area contributed by atoms with E-state index in [1.807, 2.05) is 0 Å². The highest BCUT2D eigenvalue weighted by atomic mass is 16.6. The van der Waals surface area contributed by atoms with Crippen molar-refractivity contribution in [3.05, 3.63) is 0 Å². The molecule has 0 spiro atoms. The van der Waals surface area contributed by atoms with E-state index in [0.29, 0.717) is 6.42 Å². The molecular formula is C13H25N5O5. The molecule has 10 heteroatoms. The molecule has 0 rings (SSSR count). The zero-order valence-corrected chi connectivity index (χ0v) is 13.6. The molecule has 23 heavy (non-hydrogen) atoms. The molecule has 0 aliphatic carbocycles. The van der Waals surface area contributed by atoms with Gasteiger partial charge in [0.1, 0.15) is 18.2 Å². The number of carbonyl (C=O) groups excluding carboxylic acids is 2. The molecule has 10 nitrogen and oxygen atoms in total. The highest BCUT2D eigenvalue weighted by Crippen LogP contribution is 2.06. The summed E-state index contributed by atoms with van der Waals surface area (Å²) in [5, 5.41) is 13.6. The molecule has 0 aromatic heterocycles. The van der Waals surface area contributed by atoms with Crippen LogP contribution in [0.15, 0.2) is 4.99 Å². The fourth-order valence-corrected chi connectivity index (χ4v) is 1.47. The lowest BCUT2D eigenvalue weighted by atomic mass is 10.1. The number of amides is 2. The number of guanidine groups is 1. The van der Waals surface area contributed by atoms with Crippen molar-refractivity contribution in [2.24, 2.45) is 16.5 Å². The van der Waals surface area contributed by atoms with Crippen LogP contribution in [0.5, 0.6) is 0 Å². The van der Waals surface area contributed by atoms with Crippen LogP contribution in [0, 0.1) is 0 Å². The van der Waals surface area contributed by atoms with E-state index in [1.54, 1.807) is 20.8 Å². The Labute approximate surface area is 134 Å². The van der Waals surface area contributed by atoms with Gasteiger partial charge in [0.15, 0.2) is 5.96 Å². The topological polar surface area (TPSA) is 169 Å². The monoisotopic (exact) mass is 331 g/mol. The quantitative estimate of drug-likeness (QED) is 0.219. The second kappa shape index (κ2) is 9.49. The first-order chi connectivity index (χ1) is 10.5. The first kappa shape index (κ1) is 20.5. The first-order valence-corrected chi connectivity index (χ1v) is 7.05. The van der Waals surface area contributed by atoms with Crippen LogP contribution < -0.4 is 22.1 Å². The molecular weight excluding hydrogens is 306 g/mol. The number of aliphatic imine (C=N–C) groups is 1. The number of nitrogens with zero attached hydrogens (tertiary/aromatic N) is 1. The molecule has 0 aliphatic rings. The van der Waals surface area contributed by atoms with E-state index in [1.165, 1.54) is 0 Å². The van der Waals surface area contributed by atoms with Crippen molar-refractivity contribution in [3.8, 4) is 0 Å². The summed E-state index contributed by atoms with van der Waals surface area (Å²) in [6.07, 6.45) is -0.217. The number of aliphatic carboxylic acids is 1. The van der Waals surface area contributed by atoms with Gasteiger partial charge in [-0.15, -0.1) is 0 Å². The summed E-state index contributed by atoms with van der Waals surface area (Å²) >= 11 is 0. The molecule has 0 aromatic rings. The molecule has 0 saturated heterocycles. The predicted molar refractivity (Wildman–Crippen MR) is 83.7 cm³/mol. The van der Waals surface area contributed by atoms with E-state index in [9.17, 15) is 14.4 Å². The smallest absolute Gasteiger partial charge is 0.408 e. The van der Waals surface area contributed by atoms with Crippen molar-refractivity contribution in [1.82, 2.24) is 10.6 Å². The molecule has 2 amide bonds. The number of ether oxygens (including phenoxy) is 1. The van der Waals surface area contributed by atoms with Gasteiger partial charge >= 0.3 is 12.1 Å². The molecule has 0 bridgehead atoms. The number of hydrogen-bond acceptors (Lipinski definition) is 5. The van der Waals surface area contributed by atoms with E-state index in [2.05, 4.69) is 15.6 Å². The SMILES string of the molecule is CC(C)(C)OC(=O)NCC(=O)NC(CCCN=C(N)N)C(=O)O. The Morgan fingerprint density at radius 2 is 1.87 bits per heavy atom. The van der Waals surface area contributed by atoms with Crippen molar-refractivity contribution in [2.45, 2.75) is 45.3 Å². The van der Waals surface area contributed by atoms with Gasteiger partial charge in [-0.05, 0) is 33.6 Å². The molecule has 0 fully saturated rings. The third-order valence-electron chi connectivity index (χ3n) is 2.37. The van der Waals surface area contributed by atoms with E-state index >= 15 is 0 Å². The summed E-state index contributed by atoms with van der Waals surface area (Å²) in [5.74, 6) is -1.90. The lowest BCUT2D eigenvalue weighted by Gasteiger charge is -2.20. The fourth-order valence-electron chi connectivity index (χ4n) is 1.47. The highest BCUT2D eigenvalue weighted by Gasteiger charge is 2.21. The second-order valence-corrected chi connectivity index (χ2v) is 5.76. The van der Waals surface area contributed by atoms with Gasteiger partial charge in [0.05, 0.1) is 0 Å². The van der Waals surface area contributed by atoms with Gasteiger partial charge in [-0.2, -0.15) is 0 Å². The maximum absolute atomic E-state index is 11.7. The minimum atomic E-state index is -1.18. The van der Waals surface area contributed by atoms with Gasteiger partial charge in [0.2, 0.25) is 5.91 Å². The summed E-state index contributed by atoms with van der Waals surface area (Å²) in [6, 6.07) is -1.09. The predicted octanol–water partition coefficient (Wildman–Crippen LogP) is -0.866. The van der Waals surface area contributed by atoms with Crippen LogP contribution >= 0.6 is 0 Å². The summed E-state index contributed by atoms with van der Waals surface area (Å²) in [6.45, 7) is 4.93. The average Bonchev–Trinajstić information content (AvgIpc) is 2.37. The van der Waals surface area contributed by atoms with Crippen LogP contribution in [-0.4, -0.2) is 53.8 Å². The first-order valence-electron chi connectivity index (χ1n) is 7.05.